The Balaban J connectivity index is 1.90. The quantitative estimate of drug-likeness (QED) is 0.609. The highest BCUT2D eigenvalue weighted by Gasteiger charge is 2.30. The molecule has 1 aliphatic heterocycles. The molecule has 1 aromatic heterocycles. The Hall–Kier alpha value is -2.74. The molecular weight excluding hydrogens is 322 g/mol. The Morgan fingerprint density at radius 3 is 2.44 bits per heavy atom. The molecule has 0 atom stereocenters. The monoisotopic (exact) mass is 343 g/mol. The number of nitrogens with zero attached hydrogens (tertiary/aromatic N) is 5. The highest BCUT2D eigenvalue weighted by molar-refractivity contribution is 5.63. The van der Waals surface area contributed by atoms with Crippen molar-refractivity contribution in [2.45, 2.75) is 13.3 Å². The Labute approximate surface area is 146 Å². The fourth-order valence-electron chi connectivity index (χ4n) is 2.74. The van der Waals surface area contributed by atoms with E-state index < -0.39 is 4.92 Å². The van der Waals surface area contributed by atoms with Crippen molar-refractivity contribution >= 4 is 11.5 Å². The minimum Gasteiger partial charge on any atom is -0.434 e. The van der Waals surface area contributed by atoms with E-state index in [9.17, 15) is 10.1 Å². The molecule has 0 aliphatic carbocycles. The molecular formula is C17H21N5O3. The second kappa shape index (κ2) is 7.43. The van der Waals surface area contributed by atoms with E-state index in [0.29, 0.717) is 24.7 Å². The first-order valence-electron chi connectivity index (χ1n) is 8.28. The van der Waals surface area contributed by atoms with Crippen LogP contribution in [0.25, 0.3) is 0 Å². The van der Waals surface area contributed by atoms with Crippen molar-refractivity contribution < 1.29 is 9.66 Å². The van der Waals surface area contributed by atoms with Crippen molar-refractivity contribution in [1.82, 2.24) is 14.9 Å². The molecule has 0 bridgehead atoms. The maximum absolute atomic E-state index is 11.6. The normalized spacial score (nSPS) is 15.2. The first kappa shape index (κ1) is 17.1. The third-order valence-electron chi connectivity index (χ3n) is 4.30. The van der Waals surface area contributed by atoms with Crippen LogP contribution in [0.3, 0.4) is 0 Å². The van der Waals surface area contributed by atoms with Gasteiger partial charge in [-0.1, -0.05) is 19.1 Å². The van der Waals surface area contributed by atoms with Gasteiger partial charge in [0.15, 0.2) is 0 Å². The van der Waals surface area contributed by atoms with Crippen LogP contribution in [0.1, 0.15) is 12.5 Å². The summed E-state index contributed by atoms with van der Waals surface area (Å²) < 4.78 is 5.69. The predicted octanol–water partition coefficient (Wildman–Crippen LogP) is 2.49. The predicted molar refractivity (Wildman–Crippen MR) is 94.3 cm³/mol. The molecule has 1 aliphatic rings. The summed E-state index contributed by atoms with van der Waals surface area (Å²) in [4.78, 5) is 23.4. The second-order valence-electron chi connectivity index (χ2n) is 6.00. The van der Waals surface area contributed by atoms with Crippen molar-refractivity contribution in [3.63, 3.8) is 0 Å². The minimum absolute atomic E-state index is 0.0295. The average Bonchev–Trinajstić information content (AvgIpc) is 2.62. The average molecular weight is 343 g/mol. The number of aryl methyl sites for hydroxylation is 1. The van der Waals surface area contributed by atoms with Crippen LogP contribution in [-0.2, 0) is 6.42 Å². The van der Waals surface area contributed by atoms with Gasteiger partial charge in [-0.2, -0.15) is 4.98 Å². The van der Waals surface area contributed by atoms with Crippen molar-refractivity contribution in [3.8, 4) is 11.6 Å². The van der Waals surface area contributed by atoms with Gasteiger partial charge in [0.1, 0.15) is 12.1 Å². The van der Waals surface area contributed by atoms with Gasteiger partial charge in [0.25, 0.3) is 0 Å². The van der Waals surface area contributed by atoms with Crippen LogP contribution in [0, 0.1) is 10.1 Å². The maximum atomic E-state index is 11.6. The third-order valence-corrected chi connectivity index (χ3v) is 4.30. The van der Waals surface area contributed by atoms with E-state index in [4.69, 9.17) is 4.74 Å². The smallest absolute Gasteiger partial charge is 0.373 e. The zero-order chi connectivity index (χ0) is 17.8. The number of nitro groups is 1. The van der Waals surface area contributed by atoms with Gasteiger partial charge in [0.05, 0.1) is 4.92 Å². The number of hydrogen-bond donors (Lipinski definition) is 0. The first-order valence-corrected chi connectivity index (χ1v) is 8.28. The largest absolute Gasteiger partial charge is 0.434 e. The summed E-state index contributed by atoms with van der Waals surface area (Å²) in [5.41, 5.74) is 0.981. The van der Waals surface area contributed by atoms with E-state index in [-0.39, 0.29) is 11.6 Å². The number of benzene rings is 1. The van der Waals surface area contributed by atoms with E-state index in [1.54, 1.807) is 12.1 Å². The van der Waals surface area contributed by atoms with E-state index in [2.05, 4.69) is 21.8 Å². The molecule has 0 amide bonds. The summed E-state index contributed by atoms with van der Waals surface area (Å²) >= 11 is 0. The van der Waals surface area contributed by atoms with E-state index in [1.165, 1.54) is 11.9 Å². The van der Waals surface area contributed by atoms with Gasteiger partial charge in [-0.15, -0.1) is 0 Å². The molecule has 1 aromatic carbocycles. The second-order valence-corrected chi connectivity index (χ2v) is 6.00. The molecule has 0 unspecified atom stereocenters. The molecule has 25 heavy (non-hydrogen) atoms. The van der Waals surface area contributed by atoms with Crippen LogP contribution in [0.4, 0.5) is 11.5 Å². The van der Waals surface area contributed by atoms with Crippen LogP contribution in [0.5, 0.6) is 11.6 Å². The summed E-state index contributed by atoms with van der Waals surface area (Å²) in [6.07, 6.45) is 2.23. The molecule has 8 heteroatoms. The summed E-state index contributed by atoms with van der Waals surface area (Å²) in [5.74, 6) is 0.801. The molecule has 0 spiro atoms. The lowest BCUT2D eigenvalue weighted by Crippen LogP contribution is -2.45. The van der Waals surface area contributed by atoms with Crippen LogP contribution in [0.2, 0.25) is 0 Å². The molecule has 1 saturated heterocycles. The van der Waals surface area contributed by atoms with Gasteiger partial charge < -0.3 is 14.5 Å². The number of rotatable bonds is 5. The van der Waals surface area contributed by atoms with Gasteiger partial charge in [0.2, 0.25) is 5.82 Å². The van der Waals surface area contributed by atoms with Gasteiger partial charge >= 0.3 is 11.6 Å². The topological polar surface area (TPSA) is 84.6 Å². The molecule has 0 saturated carbocycles. The lowest BCUT2D eigenvalue weighted by atomic mass is 10.2. The summed E-state index contributed by atoms with van der Waals surface area (Å²) in [6.45, 7) is 5.08. The van der Waals surface area contributed by atoms with Crippen molar-refractivity contribution in [2.24, 2.45) is 0 Å². The van der Waals surface area contributed by atoms with Crippen molar-refractivity contribution in [3.05, 3.63) is 46.3 Å². The Morgan fingerprint density at radius 1 is 1.16 bits per heavy atom. The molecule has 0 N–H and O–H groups in total. The lowest BCUT2D eigenvalue weighted by molar-refractivity contribution is -0.385. The molecule has 2 heterocycles. The molecule has 1 fully saturated rings. The van der Waals surface area contributed by atoms with Crippen LogP contribution >= 0.6 is 0 Å². The summed E-state index contributed by atoms with van der Waals surface area (Å²) in [7, 11) is 2.03. The maximum Gasteiger partial charge on any atom is 0.373 e. The van der Waals surface area contributed by atoms with Gasteiger partial charge in [-0.05, 0) is 31.2 Å². The number of anilines is 1. The minimum atomic E-state index is -0.469. The highest BCUT2D eigenvalue weighted by Crippen LogP contribution is 2.36. The van der Waals surface area contributed by atoms with Crippen LogP contribution in [-0.4, -0.2) is 53.0 Å². The van der Waals surface area contributed by atoms with E-state index >= 15 is 0 Å². The summed E-state index contributed by atoms with van der Waals surface area (Å²) in [5, 5.41) is 11.6. The van der Waals surface area contributed by atoms with Gasteiger partial charge in [-0.3, -0.25) is 10.1 Å². The number of hydrogen-bond acceptors (Lipinski definition) is 7. The SMILES string of the molecule is CCc1ccc(Oc2ncnc(N3CCN(C)CC3)c2[N+](=O)[O-])cc1. The van der Waals surface area contributed by atoms with Gasteiger partial charge in [0, 0.05) is 26.2 Å². The summed E-state index contributed by atoms with van der Waals surface area (Å²) in [6, 6.07) is 7.45. The number of aromatic nitrogens is 2. The van der Waals surface area contributed by atoms with Crippen LogP contribution in [0.15, 0.2) is 30.6 Å². The highest BCUT2D eigenvalue weighted by atomic mass is 16.6. The molecule has 8 nitrogen and oxygen atoms in total. The standard InChI is InChI=1S/C17H21N5O3/c1-3-13-4-6-14(7-5-13)25-17-15(22(23)24)16(18-12-19-17)21-10-8-20(2)9-11-21/h4-7,12H,3,8-11H2,1-2H3. The number of piperazine rings is 1. The molecule has 132 valence electrons. The van der Waals surface area contributed by atoms with Crippen molar-refractivity contribution in [1.29, 1.82) is 0 Å². The number of ether oxygens (including phenoxy) is 1. The fraction of sp³-hybridized carbons (Fsp3) is 0.412. The first-order chi connectivity index (χ1) is 12.1. The van der Waals surface area contributed by atoms with E-state index in [0.717, 1.165) is 19.5 Å². The van der Waals surface area contributed by atoms with Crippen LogP contribution < -0.4 is 9.64 Å². The number of likely N-dealkylation sites (N-methyl/N-ethyl adjacent to an activating group) is 1. The van der Waals surface area contributed by atoms with E-state index in [1.807, 2.05) is 24.1 Å². The lowest BCUT2D eigenvalue weighted by Gasteiger charge is -2.32. The fourth-order valence-corrected chi connectivity index (χ4v) is 2.74. The molecule has 2 aromatic rings. The Morgan fingerprint density at radius 2 is 1.84 bits per heavy atom. The Bertz CT molecular complexity index is 742. The zero-order valence-electron chi connectivity index (χ0n) is 14.4. The Kier molecular flexibility index (Phi) is 5.08. The molecule has 0 radical (unpaired) electrons. The van der Waals surface area contributed by atoms with Crippen molar-refractivity contribution in [2.75, 3.05) is 38.1 Å². The molecule has 3 rings (SSSR count). The zero-order valence-corrected chi connectivity index (χ0v) is 14.4. The van der Waals surface area contributed by atoms with Gasteiger partial charge in [-0.25, -0.2) is 4.98 Å². The third kappa shape index (κ3) is 3.85.